The lowest BCUT2D eigenvalue weighted by atomic mass is 9.88. The first kappa shape index (κ1) is 11.6. The van der Waals surface area contributed by atoms with Gasteiger partial charge in [-0.05, 0) is 43.9 Å². The van der Waals surface area contributed by atoms with Crippen LogP contribution in [-0.2, 0) is 0 Å². The highest BCUT2D eigenvalue weighted by Gasteiger charge is 2.26. The van der Waals surface area contributed by atoms with E-state index in [1.54, 1.807) is 12.4 Å². The Morgan fingerprint density at radius 2 is 2.38 bits per heavy atom. The molecule has 1 aliphatic rings. The van der Waals surface area contributed by atoms with E-state index in [4.69, 9.17) is 0 Å². The molecule has 0 aromatic carbocycles. The minimum Gasteiger partial charge on any atom is -0.387 e. The lowest BCUT2D eigenvalue weighted by molar-refractivity contribution is 0.101. The van der Waals surface area contributed by atoms with Gasteiger partial charge in [-0.1, -0.05) is 6.92 Å². The third-order valence-electron chi connectivity index (χ3n) is 3.48. The van der Waals surface area contributed by atoms with Gasteiger partial charge in [0.2, 0.25) is 0 Å². The van der Waals surface area contributed by atoms with Crippen molar-refractivity contribution in [1.82, 2.24) is 10.3 Å². The fraction of sp³-hybridized carbons (Fsp3) is 0.615. The van der Waals surface area contributed by atoms with Crippen LogP contribution in [0.25, 0.3) is 0 Å². The largest absolute Gasteiger partial charge is 0.387 e. The number of hydrogen-bond donors (Lipinski definition) is 2. The minimum atomic E-state index is -0.434. The summed E-state index contributed by atoms with van der Waals surface area (Å²) in [7, 11) is 0. The number of aliphatic hydroxyl groups excluding tert-OH is 1. The van der Waals surface area contributed by atoms with Crippen LogP contribution >= 0.6 is 0 Å². The molecule has 1 aromatic heterocycles. The molecule has 3 atom stereocenters. The molecule has 2 heterocycles. The van der Waals surface area contributed by atoms with Crippen molar-refractivity contribution in [3.63, 3.8) is 0 Å². The smallest absolute Gasteiger partial charge is 0.0960 e. The van der Waals surface area contributed by atoms with Crippen LogP contribution < -0.4 is 5.32 Å². The molecule has 0 spiro atoms. The van der Waals surface area contributed by atoms with Crippen LogP contribution in [0.5, 0.6) is 0 Å². The number of aliphatic hydroxyl groups is 1. The Morgan fingerprint density at radius 3 is 3.06 bits per heavy atom. The first-order valence-electron chi connectivity index (χ1n) is 6.00. The van der Waals surface area contributed by atoms with E-state index in [-0.39, 0.29) is 6.04 Å². The van der Waals surface area contributed by atoms with Gasteiger partial charge >= 0.3 is 0 Å². The Bertz CT molecular complexity index is 354. The third-order valence-corrected chi connectivity index (χ3v) is 3.48. The van der Waals surface area contributed by atoms with E-state index in [1.807, 2.05) is 13.0 Å². The lowest BCUT2D eigenvalue weighted by Gasteiger charge is -2.32. The monoisotopic (exact) mass is 220 g/mol. The Labute approximate surface area is 96.9 Å². The molecule has 3 unspecified atom stereocenters. The highest BCUT2D eigenvalue weighted by molar-refractivity contribution is 5.25. The summed E-state index contributed by atoms with van der Waals surface area (Å²) < 4.78 is 0. The Morgan fingerprint density at radius 1 is 1.56 bits per heavy atom. The summed E-state index contributed by atoms with van der Waals surface area (Å²) in [5, 5.41) is 13.7. The van der Waals surface area contributed by atoms with Gasteiger partial charge in [0.05, 0.1) is 6.10 Å². The van der Waals surface area contributed by atoms with Gasteiger partial charge in [0, 0.05) is 24.0 Å². The van der Waals surface area contributed by atoms with E-state index < -0.39 is 6.10 Å². The Balaban J connectivity index is 2.12. The van der Waals surface area contributed by atoms with Gasteiger partial charge in [0.25, 0.3) is 0 Å². The average Bonchev–Trinajstić information content (AvgIpc) is 2.29. The summed E-state index contributed by atoms with van der Waals surface area (Å²) in [5.41, 5.74) is 2.07. The van der Waals surface area contributed by atoms with Gasteiger partial charge in [-0.3, -0.25) is 4.98 Å². The second kappa shape index (κ2) is 4.93. The van der Waals surface area contributed by atoms with E-state index in [0.29, 0.717) is 5.92 Å². The van der Waals surface area contributed by atoms with E-state index in [9.17, 15) is 5.11 Å². The predicted octanol–water partition coefficient (Wildman–Crippen LogP) is 1.81. The fourth-order valence-electron chi connectivity index (χ4n) is 2.39. The summed E-state index contributed by atoms with van der Waals surface area (Å²) in [5.74, 6) is 0.692. The predicted molar refractivity (Wildman–Crippen MR) is 64.1 cm³/mol. The van der Waals surface area contributed by atoms with Crippen LogP contribution in [0.4, 0.5) is 0 Å². The van der Waals surface area contributed by atoms with Crippen molar-refractivity contribution in [2.24, 2.45) is 5.92 Å². The topological polar surface area (TPSA) is 45.2 Å². The molecular formula is C13H20N2O. The maximum Gasteiger partial charge on any atom is 0.0960 e. The maximum atomic E-state index is 10.3. The van der Waals surface area contributed by atoms with Crippen molar-refractivity contribution in [1.29, 1.82) is 0 Å². The number of nitrogens with one attached hydrogen (secondary N) is 1. The molecule has 16 heavy (non-hydrogen) atoms. The van der Waals surface area contributed by atoms with E-state index in [0.717, 1.165) is 24.1 Å². The first-order valence-corrected chi connectivity index (χ1v) is 6.00. The summed E-state index contributed by atoms with van der Waals surface area (Å²) >= 11 is 0. The van der Waals surface area contributed by atoms with Crippen molar-refractivity contribution in [3.8, 4) is 0 Å². The molecule has 1 aromatic rings. The SMILES string of the molecule is Cc1ccncc1C(O)C1CC(C)CCN1. The molecule has 0 aliphatic carbocycles. The van der Waals surface area contributed by atoms with Gasteiger partial charge in [-0.25, -0.2) is 0 Å². The quantitative estimate of drug-likeness (QED) is 0.799. The third kappa shape index (κ3) is 2.42. The number of rotatable bonds is 2. The number of pyridine rings is 1. The van der Waals surface area contributed by atoms with E-state index in [2.05, 4.69) is 17.2 Å². The molecule has 0 bridgehead atoms. The summed E-state index contributed by atoms with van der Waals surface area (Å²) in [6.07, 6.45) is 5.35. The molecule has 0 amide bonds. The molecule has 1 saturated heterocycles. The fourth-order valence-corrected chi connectivity index (χ4v) is 2.39. The van der Waals surface area contributed by atoms with Crippen LogP contribution in [-0.4, -0.2) is 22.7 Å². The van der Waals surface area contributed by atoms with Crippen LogP contribution in [0.3, 0.4) is 0 Å². The second-order valence-corrected chi connectivity index (χ2v) is 4.87. The standard InChI is InChI=1S/C13H20N2O/c1-9-3-6-15-12(7-9)13(16)11-8-14-5-4-10(11)2/h4-5,8-9,12-13,15-16H,3,6-7H2,1-2H3. The molecule has 88 valence electrons. The van der Waals surface area contributed by atoms with Crippen molar-refractivity contribution < 1.29 is 5.11 Å². The van der Waals surface area contributed by atoms with Crippen molar-refractivity contribution >= 4 is 0 Å². The highest BCUT2D eigenvalue weighted by atomic mass is 16.3. The highest BCUT2D eigenvalue weighted by Crippen LogP contribution is 2.26. The van der Waals surface area contributed by atoms with Crippen LogP contribution in [0, 0.1) is 12.8 Å². The molecule has 0 radical (unpaired) electrons. The first-order chi connectivity index (χ1) is 7.68. The summed E-state index contributed by atoms with van der Waals surface area (Å²) in [6.45, 7) is 5.27. The Kier molecular flexibility index (Phi) is 3.56. The molecule has 1 aliphatic heterocycles. The lowest BCUT2D eigenvalue weighted by Crippen LogP contribution is -2.41. The van der Waals surface area contributed by atoms with Gasteiger partial charge < -0.3 is 10.4 Å². The van der Waals surface area contributed by atoms with Gasteiger partial charge in [-0.2, -0.15) is 0 Å². The average molecular weight is 220 g/mol. The Hall–Kier alpha value is -0.930. The number of aryl methyl sites for hydroxylation is 1. The number of aromatic nitrogens is 1. The van der Waals surface area contributed by atoms with Gasteiger partial charge in [-0.15, -0.1) is 0 Å². The van der Waals surface area contributed by atoms with Crippen molar-refractivity contribution in [2.45, 2.75) is 38.8 Å². The molecule has 1 fully saturated rings. The maximum absolute atomic E-state index is 10.3. The summed E-state index contributed by atoms with van der Waals surface area (Å²) in [6, 6.07) is 2.12. The molecule has 0 saturated carbocycles. The minimum absolute atomic E-state index is 0.173. The van der Waals surface area contributed by atoms with Gasteiger partial charge in [0.15, 0.2) is 0 Å². The van der Waals surface area contributed by atoms with Gasteiger partial charge in [0.1, 0.15) is 0 Å². The van der Waals surface area contributed by atoms with E-state index in [1.165, 1.54) is 6.42 Å². The van der Waals surface area contributed by atoms with Crippen LogP contribution in [0.1, 0.15) is 37.0 Å². The van der Waals surface area contributed by atoms with Crippen molar-refractivity contribution in [3.05, 3.63) is 29.6 Å². The van der Waals surface area contributed by atoms with Crippen LogP contribution in [0.15, 0.2) is 18.5 Å². The second-order valence-electron chi connectivity index (χ2n) is 4.87. The van der Waals surface area contributed by atoms with Crippen molar-refractivity contribution in [2.75, 3.05) is 6.54 Å². The normalized spacial score (nSPS) is 27.7. The zero-order valence-corrected chi connectivity index (χ0v) is 9.98. The van der Waals surface area contributed by atoms with Crippen LogP contribution in [0.2, 0.25) is 0 Å². The number of nitrogens with zero attached hydrogens (tertiary/aromatic N) is 1. The zero-order valence-electron chi connectivity index (χ0n) is 9.98. The van der Waals surface area contributed by atoms with E-state index >= 15 is 0 Å². The molecule has 3 heteroatoms. The molecule has 3 nitrogen and oxygen atoms in total. The number of piperidine rings is 1. The molecule has 2 rings (SSSR count). The molecular weight excluding hydrogens is 200 g/mol. The zero-order chi connectivity index (χ0) is 11.5. The summed E-state index contributed by atoms with van der Waals surface area (Å²) in [4.78, 5) is 4.09. The number of hydrogen-bond acceptors (Lipinski definition) is 3. The molecule has 2 N–H and O–H groups in total.